The fraction of sp³-hybridized carbons (Fsp3) is 1.00. The third-order valence-electron chi connectivity index (χ3n) is 3.03. The van der Waals surface area contributed by atoms with E-state index in [0.29, 0.717) is 0 Å². The molecule has 0 amide bonds. The molecule has 1 aliphatic carbocycles. The van der Waals surface area contributed by atoms with Crippen molar-refractivity contribution in [2.24, 2.45) is 0 Å². The molecule has 0 bridgehead atoms. The van der Waals surface area contributed by atoms with Gasteiger partial charge in [-0.1, -0.05) is 0 Å². The SMILES string of the molecule is O=P(O)(O)OC1C(OP(=O)(O)O)C(OP(=O)(O)O)[C@H](O)[C@H](O)C1OP(=O)(O)O. The van der Waals surface area contributed by atoms with Crippen molar-refractivity contribution in [2.75, 3.05) is 0 Å². The van der Waals surface area contributed by atoms with Gasteiger partial charge in [0.25, 0.3) is 0 Å². The standard InChI is InChI=1S/C6H16O18P4/c7-1-2(8)4(22-26(12,13)14)6(24-28(18,19)20)5(23-27(15,16)17)3(1)21-25(9,10)11/h1-8H,(H2,9,10,11)(H2,12,13,14)(H2,15,16,17)(H2,18,19,20)/t1-,2+,3?,4?,5?,6?. The third kappa shape index (κ3) is 8.62. The Morgan fingerprint density at radius 2 is 0.607 bits per heavy atom. The van der Waals surface area contributed by atoms with Crippen LogP contribution in [0.4, 0.5) is 0 Å². The molecule has 1 fully saturated rings. The lowest BCUT2D eigenvalue weighted by atomic mass is 9.85. The van der Waals surface area contributed by atoms with Crippen LogP contribution < -0.4 is 0 Å². The molecule has 1 rings (SSSR count). The number of aliphatic hydroxyl groups is 2. The molecule has 168 valence electrons. The lowest BCUT2D eigenvalue weighted by Crippen LogP contribution is -2.65. The van der Waals surface area contributed by atoms with Crippen LogP contribution >= 0.6 is 31.3 Å². The van der Waals surface area contributed by atoms with Crippen molar-refractivity contribution in [2.45, 2.75) is 36.6 Å². The van der Waals surface area contributed by atoms with Crippen LogP contribution in [0.3, 0.4) is 0 Å². The zero-order chi connectivity index (χ0) is 22.3. The van der Waals surface area contributed by atoms with Crippen LogP contribution in [0.5, 0.6) is 0 Å². The van der Waals surface area contributed by atoms with Gasteiger partial charge in [0.15, 0.2) is 0 Å². The van der Waals surface area contributed by atoms with Gasteiger partial charge in [0.1, 0.15) is 36.6 Å². The van der Waals surface area contributed by atoms with Gasteiger partial charge in [-0.15, -0.1) is 0 Å². The third-order valence-corrected chi connectivity index (χ3v) is 5.10. The Bertz CT molecular complexity index is 664. The molecule has 0 aromatic rings. The van der Waals surface area contributed by atoms with Crippen LogP contribution in [0, 0.1) is 0 Å². The number of phosphoric ester groups is 4. The summed E-state index contributed by atoms with van der Waals surface area (Å²) in [5.74, 6) is 0. The van der Waals surface area contributed by atoms with E-state index in [1.165, 1.54) is 0 Å². The topological polar surface area (TPSA) is 308 Å². The molecule has 0 saturated heterocycles. The highest BCUT2D eigenvalue weighted by Crippen LogP contribution is 2.52. The second-order valence-electron chi connectivity index (χ2n) is 5.22. The van der Waals surface area contributed by atoms with Gasteiger partial charge in [-0.25, -0.2) is 18.3 Å². The van der Waals surface area contributed by atoms with Crippen LogP contribution in [-0.2, 0) is 36.4 Å². The number of rotatable bonds is 8. The molecule has 6 atom stereocenters. The summed E-state index contributed by atoms with van der Waals surface area (Å²) in [6, 6.07) is 0. The maximum absolute atomic E-state index is 11.1. The van der Waals surface area contributed by atoms with Gasteiger partial charge >= 0.3 is 31.3 Å². The van der Waals surface area contributed by atoms with Crippen LogP contribution in [0.15, 0.2) is 0 Å². The van der Waals surface area contributed by atoms with E-state index in [1.54, 1.807) is 0 Å². The second kappa shape index (κ2) is 8.85. The number of phosphoric acid groups is 4. The molecule has 0 heterocycles. The minimum atomic E-state index is -5.67. The number of hydrogen-bond donors (Lipinski definition) is 10. The van der Waals surface area contributed by atoms with E-state index < -0.39 is 67.9 Å². The normalized spacial score (nSPS) is 33.1. The van der Waals surface area contributed by atoms with Crippen LogP contribution in [0.1, 0.15) is 0 Å². The molecule has 0 spiro atoms. The van der Waals surface area contributed by atoms with Crippen LogP contribution in [0.25, 0.3) is 0 Å². The molecule has 1 aliphatic rings. The van der Waals surface area contributed by atoms with Crippen molar-refractivity contribution in [3.8, 4) is 0 Å². The van der Waals surface area contributed by atoms with Crippen LogP contribution in [0.2, 0.25) is 0 Å². The summed E-state index contributed by atoms with van der Waals surface area (Å²) in [7, 11) is -22.5. The predicted octanol–water partition coefficient (Wildman–Crippen LogP) is -3.37. The fourth-order valence-electron chi connectivity index (χ4n) is 2.27. The van der Waals surface area contributed by atoms with E-state index in [2.05, 4.69) is 18.1 Å². The zero-order valence-corrected chi connectivity index (χ0v) is 16.6. The van der Waals surface area contributed by atoms with E-state index in [-0.39, 0.29) is 0 Å². The number of aliphatic hydroxyl groups excluding tert-OH is 2. The Morgan fingerprint density at radius 1 is 0.429 bits per heavy atom. The minimum Gasteiger partial charge on any atom is -0.387 e. The molecule has 0 aliphatic heterocycles. The van der Waals surface area contributed by atoms with Crippen molar-refractivity contribution < 1.29 is 85.7 Å². The van der Waals surface area contributed by atoms with Gasteiger partial charge in [-0.2, -0.15) is 0 Å². The Kier molecular flexibility index (Phi) is 8.34. The Balaban J connectivity index is 3.53. The van der Waals surface area contributed by atoms with Gasteiger partial charge in [0, 0.05) is 0 Å². The van der Waals surface area contributed by atoms with E-state index in [4.69, 9.17) is 39.1 Å². The average molecular weight is 500 g/mol. The molecule has 4 unspecified atom stereocenters. The van der Waals surface area contributed by atoms with Gasteiger partial charge in [-0.05, 0) is 0 Å². The van der Waals surface area contributed by atoms with Gasteiger partial charge < -0.3 is 49.4 Å². The maximum atomic E-state index is 11.1. The molecular weight excluding hydrogens is 484 g/mol. The first kappa shape index (κ1) is 26.4. The summed E-state index contributed by atoms with van der Waals surface area (Å²) < 4.78 is 60.6. The quantitative estimate of drug-likeness (QED) is 0.145. The molecule has 18 nitrogen and oxygen atoms in total. The largest absolute Gasteiger partial charge is 0.470 e. The van der Waals surface area contributed by atoms with E-state index in [0.717, 1.165) is 0 Å². The van der Waals surface area contributed by atoms with Crippen molar-refractivity contribution in [1.82, 2.24) is 0 Å². The van der Waals surface area contributed by atoms with Crippen molar-refractivity contribution in [3.63, 3.8) is 0 Å². The summed E-state index contributed by atoms with van der Waals surface area (Å²) in [6.45, 7) is 0. The lowest BCUT2D eigenvalue weighted by molar-refractivity contribution is -0.209. The monoisotopic (exact) mass is 500 g/mol. The van der Waals surface area contributed by atoms with Crippen molar-refractivity contribution in [3.05, 3.63) is 0 Å². The summed E-state index contributed by atoms with van der Waals surface area (Å²) >= 11 is 0. The van der Waals surface area contributed by atoms with Crippen molar-refractivity contribution >= 4 is 31.3 Å². The molecule has 28 heavy (non-hydrogen) atoms. The van der Waals surface area contributed by atoms with E-state index in [9.17, 15) is 28.5 Å². The Hall–Kier alpha value is 0.360. The van der Waals surface area contributed by atoms with Crippen molar-refractivity contribution in [1.29, 1.82) is 0 Å². The summed E-state index contributed by atoms with van der Waals surface area (Å²) in [5, 5.41) is 19.8. The van der Waals surface area contributed by atoms with E-state index >= 15 is 0 Å². The smallest absolute Gasteiger partial charge is 0.387 e. The highest BCUT2D eigenvalue weighted by atomic mass is 31.2. The molecule has 1 saturated carbocycles. The molecule has 0 aromatic heterocycles. The van der Waals surface area contributed by atoms with E-state index in [1.807, 2.05) is 0 Å². The maximum Gasteiger partial charge on any atom is 0.470 e. The summed E-state index contributed by atoms with van der Waals surface area (Å²) in [6.07, 6.45) is -15.9. The van der Waals surface area contributed by atoms with Gasteiger partial charge in [-0.3, -0.25) is 18.1 Å². The average Bonchev–Trinajstić information content (AvgIpc) is 2.39. The zero-order valence-electron chi connectivity index (χ0n) is 13.0. The minimum absolute atomic E-state index is 2.60. The first-order valence-corrected chi connectivity index (χ1v) is 12.6. The fourth-order valence-corrected chi connectivity index (χ4v) is 4.51. The molecular formula is C6H16O18P4. The van der Waals surface area contributed by atoms with Gasteiger partial charge in [0.2, 0.25) is 0 Å². The summed E-state index contributed by atoms with van der Waals surface area (Å²) in [4.78, 5) is 71.1. The van der Waals surface area contributed by atoms with Crippen LogP contribution in [-0.4, -0.2) is 86.0 Å². The first-order valence-electron chi connectivity index (χ1n) is 6.52. The predicted molar refractivity (Wildman–Crippen MR) is 79.7 cm³/mol. The molecule has 0 aromatic carbocycles. The summed E-state index contributed by atoms with van der Waals surface area (Å²) in [5.41, 5.74) is 0. The Morgan fingerprint density at radius 3 is 0.786 bits per heavy atom. The second-order valence-corrected chi connectivity index (χ2v) is 9.99. The first-order chi connectivity index (χ1) is 12.2. The lowest BCUT2D eigenvalue weighted by Gasteiger charge is -2.45. The highest BCUT2D eigenvalue weighted by Gasteiger charge is 2.58. The van der Waals surface area contributed by atoms with Gasteiger partial charge in [0.05, 0.1) is 0 Å². The highest BCUT2D eigenvalue weighted by molar-refractivity contribution is 7.47. The Labute approximate surface area is 154 Å². The molecule has 22 heteroatoms. The molecule has 10 N–H and O–H groups in total. The molecule has 0 radical (unpaired) electrons. The number of hydrogen-bond acceptors (Lipinski definition) is 10.